The molecule has 0 bridgehead atoms. The molecule has 0 aliphatic carbocycles. The Labute approximate surface area is 111 Å². The first-order valence-corrected chi connectivity index (χ1v) is 6.02. The number of urea groups is 1. The van der Waals surface area contributed by atoms with Crippen LogP contribution >= 0.6 is 0 Å². The highest BCUT2D eigenvalue weighted by molar-refractivity contribution is 6.03. The lowest BCUT2D eigenvalue weighted by molar-refractivity contribution is 0.0601. The van der Waals surface area contributed by atoms with E-state index in [-0.39, 0.29) is 12.1 Å². The van der Waals surface area contributed by atoms with E-state index in [0.717, 1.165) is 0 Å². The van der Waals surface area contributed by atoms with Gasteiger partial charge in [0.25, 0.3) is 0 Å². The second-order valence-corrected chi connectivity index (χ2v) is 4.40. The molecule has 6 heteroatoms. The number of anilines is 1. The Hall–Kier alpha value is -2.08. The Morgan fingerprint density at radius 3 is 2.74 bits per heavy atom. The van der Waals surface area contributed by atoms with Gasteiger partial charge in [-0.3, -0.25) is 4.90 Å². The molecule has 102 valence electrons. The summed E-state index contributed by atoms with van der Waals surface area (Å²) in [5, 5.41) is 0. The van der Waals surface area contributed by atoms with E-state index >= 15 is 0 Å². The first-order chi connectivity index (χ1) is 9.10. The number of para-hydroxylation sites is 1. The number of methoxy groups -OCH3 is 1. The van der Waals surface area contributed by atoms with Gasteiger partial charge in [0.05, 0.1) is 24.4 Å². The highest BCUT2D eigenvalue weighted by Crippen LogP contribution is 2.26. The lowest BCUT2D eigenvalue weighted by Crippen LogP contribution is -2.35. The van der Waals surface area contributed by atoms with Crippen molar-refractivity contribution in [2.24, 2.45) is 5.73 Å². The summed E-state index contributed by atoms with van der Waals surface area (Å²) in [7, 11) is 3.03. The van der Waals surface area contributed by atoms with Gasteiger partial charge >= 0.3 is 12.0 Å². The van der Waals surface area contributed by atoms with E-state index in [9.17, 15) is 9.59 Å². The van der Waals surface area contributed by atoms with Crippen LogP contribution in [0.25, 0.3) is 0 Å². The summed E-state index contributed by atoms with van der Waals surface area (Å²) >= 11 is 0. The average molecular weight is 263 g/mol. The van der Waals surface area contributed by atoms with Gasteiger partial charge in [0.1, 0.15) is 0 Å². The lowest BCUT2D eigenvalue weighted by atomic mass is 10.1. The number of carbonyl (C=O) groups excluding carboxylic acids is 2. The van der Waals surface area contributed by atoms with Gasteiger partial charge in [0.15, 0.2) is 0 Å². The van der Waals surface area contributed by atoms with E-state index in [4.69, 9.17) is 10.5 Å². The van der Waals surface area contributed by atoms with Crippen molar-refractivity contribution in [3.63, 3.8) is 0 Å². The number of benzene rings is 1. The number of hydrogen-bond donors (Lipinski definition) is 1. The zero-order chi connectivity index (χ0) is 14.0. The quantitative estimate of drug-likeness (QED) is 0.813. The number of likely N-dealkylation sites (N-methyl/N-ethyl adjacent to an activating group) is 1. The van der Waals surface area contributed by atoms with Gasteiger partial charge < -0.3 is 15.4 Å². The molecule has 2 rings (SSSR count). The Morgan fingerprint density at radius 2 is 2.16 bits per heavy atom. The van der Waals surface area contributed by atoms with Crippen LogP contribution in [-0.2, 0) is 4.74 Å². The largest absolute Gasteiger partial charge is 0.465 e. The van der Waals surface area contributed by atoms with E-state index < -0.39 is 5.97 Å². The molecule has 1 fully saturated rings. The molecule has 0 saturated carbocycles. The molecule has 1 aromatic carbocycles. The third-order valence-corrected chi connectivity index (χ3v) is 3.35. The van der Waals surface area contributed by atoms with Gasteiger partial charge in [-0.15, -0.1) is 0 Å². The number of nitrogens with zero attached hydrogens (tertiary/aromatic N) is 2. The van der Waals surface area contributed by atoms with Crippen LogP contribution in [0.1, 0.15) is 10.4 Å². The fourth-order valence-electron chi connectivity index (χ4n) is 2.18. The van der Waals surface area contributed by atoms with Crippen molar-refractivity contribution in [1.29, 1.82) is 0 Å². The molecule has 0 radical (unpaired) electrons. The fraction of sp³-hybridized carbons (Fsp3) is 0.385. The zero-order valence-corrected chi connectivity index (χ0v) is 11.0. The van der Waals surface area contributed by atoms with Gasteiger partial charge in [-0.25, -0.2) is 9.59 Å². The maximum atomic E-state index is 12.2. The number of nitrogens with two attached hydrogens (primary N) is 1. The molecule has 19 heavy (non-hydrogen) atoms. The number of amides is 2. The predicted molar refractivity (Wildman–Crippen MR) is 71.1 cm³/mol. The van der Waals surface area contributed by atoms with E-state index in [2.05, 4.69) is 0 Å². The second kappa shape index (κ2) is 5.27. The molecule has 2 amide bonds. The van der Waals surface area contributed by atoms with E-state index in [1.165, 1.54) is 7.11 Å². The maximum Gasteiger partial charge on any atom is 0.339 e. The van der Waals surface area contributed by atoms with Gasteiger partial charge in [0.2, 0.25) is 0 Å². The molecule has 1 heterocycles. The third-order valence-electron chi connectivity index (χ3n) is 3.35. The predicted octanol–water partition coefficient (Wildman–Crippen LogP) is 0.672. The van der Waals surface area contributed by atoms with Crippen LogP contribution in [0, 0.1) is 0 Å². The summed E-state index contributed by atoms with van der Waals surface area (Å²) in [6.45, 7) is 0.860. The molecule has 1 atom stereocenters. The highest BCUT2D eigenvalue weighted by atomic mass is 16.5. The summed E-state index contributed by atoms with van der Waals surface area (Å²) in [5.74, 6) is -0.456. The van der Waals surface area contributed by atoms with Gasteiger partial charge in [-0.2, -0.15) is 0 Å². The van der Waals surface area contributed by atoms with Gasteiger partial charge in [0, 0.05) is 20.1 Å². The first kappa shape index (κ1) is 13.4. The van der Waals surface area contributed by atoms with E-state index in [0.29, 0.717) is 24.3 Å². The molecule has 1 aliphatic heterocycles. The normalized spacial score (nSPS) is 18.9. The SMILES string of the molecule is COC(=O)c1ccccc1N1CC(CN)N(C)C1=O. The highest BCUT2D eigenvalue weighted by Gasteiger charge is 2.36. The van der Waals surface area contributed by atoms with Crippen LogP contribution in [-0.4, -0.2) is 50.2 Å². The van der Waals surface area contributed by atoms with Crippen molar-refractivity contribution in [2.45, 2.75) is 6.04 Å². The Kier molecular flexibility index (Phi) is 3.71. The van der Waals surface area contributed by atoms with Crippen LogP contribution in [0.5, 0.6) is 0 Å². The minimum Gasteiger partial charge on any atom is -0.465 e. The van der Waals surface area contributed by atoms with E-state index in [1.54, 1.807) is 41.1 Å². The molecule has 1 saturated heterocycles. The maximum absolute atomic E-state index is 12.2. The summed E-state index contributed by atoms with van der Waals surface area (Å²) < 4.78 is 4.74. The molecular weight excluding hydrogens is 246 g/mol. The molecule has 0 spiro atoms. The van der Waals surface area contributed by atoms with Crippen LogP contribution in [0.15, 0.2) is 24.3 Å². The zero-order valence-electron chi connectivity index (χ0n) is 11.0. The van der Waals surface area contributed by atoms with Crippen LogP contribution < -0.4 is 10.6 Å². The average Bonchev–Trinajstić information content (AvgIpc) is 2.74. The molecular formula is C13H17N3O3. The number of hydrogen-bond acceptors (Lipinski definition) is 4. The number of esters is 1. The number of ether oxygens (including phenoxy) is 1. The Morgan fingerprint density at radius 1 is 1.47 bits per heavy atom. The molecule has 0 aromatic heterocycles. The lowest BCUT2D eigenvalue weighted by Gasteiger charge is -2.18. The summed E-state index contributed by atoms with van der Waals surface area (Å²) in [6.07, 6.45) is 0. The monoisotopic (exact) mass is 263 g/mol. The van der Waals surface area contributed by atoms with Crippen molar-refractivity contribution in [3.05, 3.63) is 29.8 Å². The van der Waals surface area contributed by atoms with Crippen molar-refractivity contribution in [3.8, 4) is 0 Å². The Bertz CT molecular complexity index is 504. The van der Waals surface area contributed by atoms with Crippen molar-refractivity contribution < 1.29 is 14.3 Å². The van der Waals surface area contributed by atoms with Crippen molar-refractivity contribution in [1.82, 2.24) is 4.90 Å². The summed E-state index contributed by atoms with van der Waals surface area (Å²) in [5.41, 5.74) is 6.58. The van der Waals surface area contributed by atoms with Gasteiger partial charge in [-0.1, -0.05) is 12.1 Å². The summed E-state index contributed by atoms with van der Waals surface area (Å²) in [6, 6.07) is 6.69. The third kappa shape index (κ3) is 2.26. The Balaban J connectivity index is 2.38. The fourth-order valence-corrected chi connectivity index (χ4v) is 2.18. The summed E-state index contributed by atoms with van der Waals surface area (Å²) in [4.78, 5) is 27.1. The van der Waals surface area contributed by atoms with Gasteiger partial charge in [-0.05, 0) is 12.1 Å². The molecule has 6 nitrogen and oxygen atoms in total. The topological polar surface area (TPSA) is 75.9 Å². The number of rotatable bonds is 3. The second-order valence-electron chi connectivity index (χ2n) is 4.40. The number of carbonyl (C=O) groups is 2. The van der Waals surface area contributed by atoms with E-state index in [1.807, 2.05) is 0 Å². The van der Waals surface area contributed by atoms with Crippen LogP contribution in [0.4, 0.5) is 10.5 Å². The minimum atomic E-state index is -0.456. The molecule has 1 unspecified atom stereocenters. The van der Waals surface area contributed by atoms with Crippen LogP contribution in [0.3, 0.4) is 0 Å². The van der Waals surface area contributed by atoms with Crippen LogP contribution in [0.2, 0.25) is 0 Å². The van der Waals surface area contributed by atoms with Crippen molar-refractivity contribution in [2.75, 3.05) is 32.1 Å². The minimum absolute atomic E-state index is 0.0433. The standard InChI is InChI=1S/C13H17N3O3/c1-15-9(7-14)8-16(13(15)18)11-6-4-3-5-10(11)12(17)19-2/h3-6,9H,7-8,14H2,1-2H3. The molecule has 1 aromatic rings. The first-order valence-electron chi connectivity index (χ1n) is 6.02. The molecule has 2 N–H and O–H groups in total. The smallest absolute Gasteiger partial charge is 0.339 e. The molecule has 1 aliphatic rings. The van der Waals surface area contributed by atoms with Crippen molar-refractivity contribution >= 4 is 17.7 Å².